The Morgan fingerprint density at radius 2 is 2.17 bits per heavy atom. The van der Waals surface area contributed by atoms with Crippen molar-refractivity contribution in [2.75, 3.05) is 26.3 Å². The third-order valence-corrected chi connectivity index (χ3v) is 3.66. The Hall–Kier alpha value is -2.29. The van der Waals surface area contributed by atoms with Crippen molar-refractivity contribution in [2.24, 2.45) is 0 Å². The highest BCUT2D eigenvalue weighted by Gasteiger charge is 2.27. The van der Waals surface area contributed by atoms with Gasteiger partial charge in [-0.05, 0) is 17.7 Å². The number of imidazole rings is 1. The predicted octanol–water partition coefficient (Wildman–Crippen LogP) is 2.21. The molecule has 0 radical (unpaired) electrons. The molecule has 0 saturated carbocycles. The average Bonchev–Trinajstić information content (AvgIpc) is 3.09. The minimum atomic E-state index is -4.31. The normalized spacial score (nSPS) is 15.3. The summed E-state index contributed by atoms with van der Waals surface area (Å²) in [5.41, 5.74) is 2.48. The van der Waals surface area contributed by atoms with E-state index in [1.54, 1.807) is 4.90 Å². The average molecular weight is 342 g/mol. The fourth-order valence-corrected chi connectivity index (χ4v) is 2.57. The van der Waals surface area contributed by atoms with Gasteiger partial charge in [0.05, 0.1) is 17.6 Å². The van der Waals surface area contributed by atoms with Gasteiger partial charge in [0.15, 0.2) is 0 Å². The molecule has 6 nitrogen and oxygen atoms in total. The number of halogens is 3. The number of benzene rings is 1. The number of nitrogens with zero attached hydrogens (tertiary/aromatic N) is 2. The molecule has 1 aliphatic heterocycles. The lowest BCUT2D eigenvalue weighted by atomic mass is 10.2. The Balaban J connectivity index is 1.60. The standard InChI is InChI=1S/C15H17F3N4O2/c16-15(17,18)9-24-6-3-13-20-11-2-1-10(7-12(11)21-13)8-22-5-4-19-14(22)23/h1-2,7H,3-6,8-9H2,(H,19,23)(H,20,21). The zero-order chi connectivity index (χ0) is 17.2. The lowest BCUT2D eigenvalue weighted by Crippen LogP contribution is -2.27. The van der Waals surface area contributed by atoms with Crippen LogP contribution in [0.1, 0.15) is 11.4 Å². The van der Waals surface area contributed by atoms with E-state index in [1.807, 2.05) is 18.2 Å². The van der Waals surface area contributed by atoms with E-state index in [4.69, 9.17) is 0 Å². The van der Waals surface area contributed by atoms with Gasteiger partial charge in [-0.1, -0.05) is 6.07 Å². The number of aromatic amines is 1. The molecule has 2 heterocycles. The molecule has 2 aromatic rings. The van der Waals surface area contributed by atoms with Crippen molar-refractivity contribution in [1.29, 1.82) is 0 Å². The summed E-state index contributed by atoms with van der Waals surface area (Å²) >= 11 is 0. The van der Waals surface area contributed by atoms with Crippen LogP contribution in [-0.2, 0) is 17.7 Å². The zero-order valence-electron chi connectivity index (χ0n) is 12.8. The molecular weight excluding hydrogens is 325 g/mol. The summed E-state index contributed by atoms with van der Waals surface area (Å²) < 4.78 is 40.6. The first-order chi connectivity index (χ1) is 11.4. The summed E-state index contributed by atoms with van der Waals surface area (Å²) in [6.45, 7) is 0.509. The first-order valence-electron chi connectivity index (χ1n) is 7.55. The number of alkyl halides is 3. The number of hydrogen-bond acceptors (Lipinski definition) is 3. The van der Waals surface area contributed by atoms with Gasteiger partial charge >= 0.3 is 12.2 Å². The van der Waals surface area contributed by atoms with Gasteiger partial charge in [0, 0.05) is 26.1 Å². The van der Waals surface area contributed by atoms with Gasteiger partial charge in [-0.15, -0.1) is 0 Å². The van der Waals surface area contributed by atoms with E-state index in [1.165, 1.54) is 0 Å². The Kier molecular flexibility index (Phi) is 4.61. The SMILES string of the molecule is O=C1NCCN1Cc1ccc2nc(CCOCC(F)(F)F)[nH]c2c1. The van der Waals surface area contributed by atoms with Crippen LogP contribution in [0, 0.1) is 0 Å². The summed E-state index contributed by atoms with van der Waals surface area (Å²) in [6, 6.07) is 5.53. The van der Waals surface area contributed by atoms with Crippen molar-refractivity contribution in [3.63, 3.8) is 0 Å². The maximum absolute atomic E-state index is 12.0. The van der Waals surface area contributed by atoms with E-state index < -0.39 is 12.8 Å². The second kappa shape index (κ2) is 6.68. The molecule has 1 aliphatic rings. The van der Waals surface area contributed by atoms with E-state index >= 15 is 0 Å². The highest BCUT2D eigenvalue weighted by Crippen LogP contribution is 2.17. The molecule has 0 atom stereocenters. The molecule has 3 rings (SSSR count). The number of hydrogen-bond donors (Lipinski definition) is 2. The number of nitrogens with one attached hydrogen (secondary N) is 2. The Morgan fingerprint density at radius 3 is 2.88 bits per heavy atom. The highest BCUT2D eigenvalue weighted by atomic mass is 19.4. The van der Waals surface area contributed by atoms with Crippen LogP contribution in [0.2, 0.25) is 0 Å². The number of carbonyl (C=O) groups is 1. The maximum atomic E-state index is 12.0. The van der Waals surface area contributed by atoms with Crippen LogP contribution in [0.5, 0.6) is 0 Å². The van der Waals surface area contributed by atoms with Crippen LogP contribution in [0.25, 0.3) is 11.0 Å². The summed E-state index contributed by atoms with van der Waals surface area (Å²) in [4.78, 5) is 20.7. The molecule has 1 aromatic carbocycles. The summed E-state index contributed by atoms with van der Waals surface area (Å²) in [5.74, 6) is 0.572. The van der Waals surface area contributed by atoms with Crippen LogP contribution in [0.15, 0.2) is 18.2 Å². The summed E-state index contributed by atoms with van der Waals surface area (Å²) in [7, 11) is 0. The van der Waals surface area contributed by atoms with Crippen LogP contribution in [0.3, 0.4) is 0 Å². The quantitative estimate of drug-likeness (QED) is 0.791. The lowest BCUT2D eigenvalue weighted by Gasteiger charge is -2.13. The first-order valence-corrected chi connectivity index (χ1v) is 7.55. The molecule has 130 valence electrons. The summed E-state index contributed by atoms with van der Waals surface area (Å²) in [5, 5.41) is 2.74. The van der Waals surface area contributed by atoms with Gasteiger partial charge in [-0.2, -0.15) is 13.2 Å². The number of urea groups is 1. The smallest absolute Gasteiger partial charge is 0.372 e. The highest BCUT2D eigenvalue weighted by molar-refractivity contribution is 5.77. The number of carbonyl (C=O) groups excluding carboxylic acids is 1. The second-order valence-corrected chi connectivity index (χ2v) is 5.61. The number of H-pyrrole nitrogens is 1. The van der Waals surface area contributed by atoms with E-state index in [0.29, 0.717) is 25.5 Å². The molecule has 24 heavy (non-hydrogen) atoms. The Bertz CT molecular complexity index is 729. The van der Waals surface area contributed by atoms with Gasteiger partial charge in [0.1, 0.15) is 12.4 Å². The van der Waals surface area contributed by atoms with E-state index in [-0.39, 0.29) is 19.1 Å². The lowest BCUT2D eigenvalue weighted by molar-refractivity contribution is -0.173. The van der Waals surface area contributed by atoms with Gasteiger partial charge in [-0.3, -0.25) is 0 Å². The fourth-order valence-electron chi connectivity index (χ4n) is 2.57. The number of amides is 2. The number of fused-ring (bicyclic) bond motifs is 1. The molecule has 1 saturated heterocycles. The molecule has 9 heteroatoms. The number of aromatic nitrogens is 2. The van der Waals surface area contributed by atoms with Crippen molar-refractivity contribution >= 4 is 17.1 Å². The third-order valence-electron chi connectivity index (χ3n) is 3.66. The third kappa shape index (κ3) is 4.16. The van der Waals surface area contributed by atoms with Crippen molar-refractivity contribution in [1.82, 2.24) is 20.2 Å². The monoisotopic (exact) mass is 342 g/mol. The van der Waals surface area contributed by atoms with Crippen LogP contribution >= 0.6 is 0 Å². The van der Waals surface area contributed by atoms with Crippen LogP contribution in [-0.4, -0.2) is 53.4 Å². The maximum Gasteiger partial charge on any atom is 0.411 e. The Morgan fingerprint density at radius 1 is 1.33 bits per heavy atom. The van der Waals surface area contributed by atoms with Crippen molar-refractivity contribution in [3.05, 3.63) is 29.6 Å². The fraction of sp³-hybridized carbons (Fsp3) is 0.467. The van der Waals surface area contributed by atoms with Gasteiger partial charge in [-0.25, -0.2) is 9.78 Å². The van der Waals surface area contributed by atoms with Gasteiger partial charge in [0.25, 0.3) is 0 Å². The first kappa shape index (κ1) is 16.6. The molecule has 2 amide bonds. The molecule has 0 spiro atoms. The van der Waals surface area contributed by atoms with Crippen LogP contribution in [0.4, 0.5) is 18.0 Å². The molecular formula is C15H17F3N4O2. The van der Waals surface area contributed by atoms with E-state index in [2.05, 4.69) is 20.0 Å². The topological polar surface area (TPSA) is 70.2 Å². The minimum absolute atomic E-state index is 0.0554. The molecule has 0 unspecified atom stereocenters. The second-order valence-electron chi connectivity index (χ2n) is 5.61. The van der Waals surface area contributed by atoms with Gasteiger partial charge in [0.2, 0.25) is 0 Å². The molecule has 1 fully saturated rings. The van der Waals surface area contributed by atoms with E-state index in [0.717, 1.165) is 16.6 Å². The largest absolute Gasteiger partial charge is 0.411 e. The number of rotatable bonds is 6. The molecule has 0 aliphatic carbocycles. The van der Waals surface area contributed by atoms with Crippen LogP contribution < -0.4 is 5.32 Å². The van der Waals surface area contributed by atoms with E-state index in [9.17, 15) is 18.0 Å². The zero-order valence-corrected chi connectivity index (χ0v) is 12.8. The minimum Gasteiger partial charge on any atom is -0.372 e. The molecule has 2 N–H and O–H groups in total. The summed E-state index contributed by atoms with van der Waals surface area (Å²) in [6.07, 6.45) is -4.04. The van der Waals surface area contributed by atoms with Gasteiger partial charge < -0.3 is 19.9 Å². The molecule has 1 aromatic heterocycles. The number of ether oxygens (including phenoxy) is 1. The van der Waals surface area contributed by atoms with Crippen molar-refractivity contribution in [2.45, 2.75) is 19.1 Å². The predicted molar refractivity (Wildman–Crippen MR) is 80.5 cm³/mol. The Labute approximate surface area is 136 Å². The van der Waals surface area contributed by atoms with Crippen molar-refractivity contribution in [3.8, 4) is 0 Å². The molecule has 0 bridgehead atoms. The van der Waals surface area contributed by atoms with Crippen molar-refractivity contribution < 1.29 is 22.7 Å².